The minimum atomic E-state index is -0.930. The van der Waals surface area contributed by atoms with Crippen LogP contribution in [0.5, 0.6) is 5.75 Å². The summed E-state index contributed by atoms with van der Waals surface area (Å²) in [5, 5.41) is 12.0. The van der Waals surface area contributed by atoms with Crippen molar-refractivity contribution >= 4 is 11.9 Å². The first kappa shape index (κ1) is 18.5. The molecule has 2 aromatic rings. The van der Waals surface area contributed by atoms with Crippen molar-refractivity contribution in [1.82, 2.24) is 5.32 Å². The number of nitrogens with one attached hydrogen (secondary N) is 1. The lowest BCUT2D eigenvalue weighted by atomic mass is 9.99. The molecule has 1 amide bonds. The van der Waals surface area contributed by atoms with Crippen molar-refractivity contribution < 1.29 is 19.4 Å². The zero-order valence-electron chi connectivity index (χ0n) is 14.3. The molecule has 0 radical (unpaired) electrons. The number of rotatable bonds is 9. The molecule has 0 spiro atoms. The second-order valence-corrected chi connectivity index (χ2v) is 5.82. The first-order valence-electron chi connectivity index (χ1n) is 8.33. The molecule has 0 heterocycles. The lowest BCUT2D eigenvalue weighted by Crippen LogP contribution is -2.36. The van der Waals surface area contributed by atoms with Crippen molar-refractivity contribution in [1.29, 1.82) is 0 Å². The van der Waals surface area contributed by atoms with Gasteiger partial charge in [-0.15, -0.1) is 0 Å². The number of ether oxygens (including phenoxy) is 1. The van der Waals surface area contributed by atoms with Crippen LogP contribution in [0.3, 0.4) is 0 Å². The Kier molecular flexibility index (Phi) is 7.01. The number of aryl methyl sites for hydroxylation is 1. The molecule has 2 aromatic carbocycles. The van der Waals surface area contributed by atoms with Gasteiger partial charge in [-0.2, -0.15) is 0 Å². The summed E-state index contributed by atoms with van der Waals surface area (Å²) in [5.41, 5.74) is 2.12. The standard InChI is InChI=1S/C20H23NO4/c1-2-15-8-10-18(11-9-15)25-14-19(22)21-13-17(20(23)24)12-16-6-4-3-5-7-16/h3-11,17H,2,12-14H2,1H3,(H,21,22)(H,23,24). The molecule has 0 aliphatic carbocycles. The summed E-state index contributed by atoms with van der Waals surface area (Å²) >= 11 is 0. The molecular weight excluding hydrogens is 318 g/mol. The molecule has 0 aliphatic heterocycles. The van der Waals surface area contributed by atoms with Gasteiger partial charge in [0.1, 0.15) is 5.75 Å². The maximum atomic E-state index is 11.9. The van der Waals surface area contributed by atoms with Gasteiger partial charge >= 0.3 is 5.97 Å². The number of carbonyl (C=O) groups is 2. The Morgan fingerprint density at radius 1 is 1.04 bits per heavy atom. The van der Waals surface area contributed by atoms with Crippen LogP contribution in [-0.4, -0.2) is 30.1 Å². The van der Waals surface area contributed by atoms with E-state index in [1.807, 2.05) is 54.6 Å². The summed E-state index contributed by atoms with van der Waals surface area (Å²) in [6.45, 7) is 2.00. The largest absolute Gasteiger partial charge is 0.484 e. The van der Waals surface area contributed by atoms with Crippen LogP contribution in [0.15, 0.2) is 54.6 Å². The zero-order chi connectivity index (χ0) is 18.1. The second kappa shape index (κ2) is 9.47. The number of hydrogen-bond acceptors (Lipinski definition) is 3. The molecule has 1 atom stereocenters. The first-order valence-corrected chi connectivity index (χ1v) is 8.33. The van der Waals surface area contributed by atoms with E-state index in [1.54, 1.807) is 0 Å². The SMILES string of the molecule is CCc1ccc(OCC(=O)NCC(Cc2ccccc2)C(=O)O)cc1. The van der Waals surface area contributed by atoms with Crippen LogP contribution in [0.2, 0.25) is 0 Å². The smallest absolute Gasteiger partial charge is 0.308 e. The number of aliphatic carboxylic acids is 1. The molecule has 0 aromatic heterocycles. The average molecular weight is 341 g/mol. The van der Waals surface area contributed by atoms with E-state index in [2.05, 4.69) is 12.2 Å². The monoisotopic (exact) mass is 341 g/mol. The fourth-order valence-corrected chi connectivity index (χ4v) is 2.40. The summed E-state index contributed by atoms with van der Waals surface area (Å²) in [4.78, 5) is 23.3. The van der Waals surface area contributed by atoms with Crippen molar-refractivity contribution in [2.75, 3.05) is 13.2 Å². The third-order valence-electron chi connectivity index (χ3n) is 3.92. The molecule has 2 rings (SSSR count). The minimum absolute atomic E-state index is 0.0706. The summed E-state index contributed by atoms with van der Waals surface area (Å²) in [6.07, 6.45) is 1.31. The first-order chi connectivity index (χ1) is 12.1. The lowest BCUT2D eigenvalue weighted by molar-refractivity contribution is -0.141. The number of carboxylic acids is 1. The van der Waals surface area contributed by atoms with E-state index in [9.17, 15) is 14.7 Å². The average Bonchev–Trinajstić information content (AvgIpc) is 2.64. The molecule has 0 bridgehead atoms. The molecule has 0 fully saturated rings. The van der Waals surface area contributed by atoms with Gasteiger partial charge in [0.05, 0.1) is 5.92 Å². The highest BCUT2D eigenvalue weighted by Crippen LogP contribution is 2.12. The van der Waals surface area contributed by atoms with E-state index in [1.165, 1.54) is 5.56 Å². The molecular formula is C20H23NO4. The Morgan fingerprint density at radius 3 is 2.32 bits per heavy atom. The summed E-state index contributed by atoms with van der Waals surface area (Å²) in [7, 11) is 0. The van der Waals surface area contributed by atoms with Crippen LogP contribution in [0.1, 0.15) is 18.1 Å². The van der Waals surface area contributed by atoms with E-state index >= 15 is 0 Å². The number of carbonyl (C=O) groups excluding carboxylic acids is 1. The maximum Gasteiger partial charge on any atom is 0.308 e. The molecule has 0 saturated carbocycles. The third kappa shape index (κ3) is 6.30. The number of hydrogen-bond donors (Lipinski definition) is 2. The van der Waals surface area contributed by atoms with Crippen LogP contribution in [0.25, 0.3) is 0 Å². The predicted octanol–water partition coefficient (Wildman–Crippen LogP) is 2.69. The van der Waals surface area contributed by atoms with Crippen LogP contribution in [0.4, 0.5) is 0 Å². The summed E-state index contributed by atoms with van der Waals surface area (Å²) < 4.78 is 5.42. The van der Waals surface area contributed by atoms with Gasteiger partial charge in [-0.1, -0.05) is 49.4 Å². The highest BCUT2D eigenvalue weighted by molar-refractivity contribution is 5.78. The fraction of sp³-hybridized carbons (Fsp3) is 0.300. The van der Waals surface area contributed by atoms with Crippen LogP contribution < -0.4 is 10.1 Å². The Hall–Kier alpha value is -2.82. The van der Waals surface area contributed by atoms with Gasteiger partial charge < -0.3 is 15.2 Å². The van der Waals surface area contributed by atoms with Gasteiger partial charge in [-0.3, -0.25) is 9.59 Å². The topological polar surface area (TPSA) is 75.6 Å². The molecule has 132 valence electrons. The molecule has 5 heteroatoms. The van der Waals surface area contributed by atoms with E-state index < -0.39 is 11.9 Å². The van der Waals surface area contributed by atoms with Crippen molar-refractivity contribution in [3.8, 4) is 5.75 Å². The molecule has 5 nitrogen and oxygen atoms in total. The van der Waals surface area contributed by atoms with Gasteiger partial charge in [0, 0.05) is 6.54 Å². The van der Waals surface area contributed by atoms with Crippen LogP contribution in [-0.2, 0) is 22.4 Å². The minimum Gasteiger partial charge on any atom is -0.484 e. The van der Waals surface area contributed by atoms with Gasteiger partial charge in [0.25, 0.3) is 5.91 Å². The number of carboxylic acid groups (broad SMARTS) is 1. The molecule has 25 heavy (non-hydrogen) atoms. The van der Waals surface area contributed by atoms with Gasteiger partial charge in [-0.25, -0.2) is 0 Å². The van der Waals surface area contributed by atoms with Gasteiger partial charge in [-0.05, 0) is 36.1 Å². The highest BCUT2D eigenvalue weighted by Gasteiger charge is 2.19. The van der Waals surface area contributed by atoms with E-state index in [-0.39, 0.29) is 19.1 Å². The predicted molar refractivity (Wildman–Crippen MR) is 95.6 cm³/mol. The second-order valence-electron chi connectivity index (χ2n) is 5.82. The third-order valence-corrected chi connectivity index (χ3v) is 3.92. The summed E-state index contributed by atoms with van der Waals surface area (Å²) in [6, 6.07) is 16.9. The van der Waals surface area contributed by atoms with Gasteiger partial charge in [0.2, 0.25) is 0 Å². The Balaban J connectivity index is 1.79. The van der Waals surface area contributed by atoms with Crippen molar-refractivity contribution in [2.24, 2.45) is 5.92 Å². The molecule has 0 aliphatic rings. The molecule has 0 saturated heterocycles. The molecule has 1 unspecified atom stereocenters. The van der Waals surface area contributed by atoms with Crippen LogP contribution >= 0.6 is 0 Å². The van der Waals surface area contributed by atoms with Crippen LogP contribution in [0, 0.1) is 5.92 Å². The van der Waals surface area contributed by atoms with Gasteiger partial charge in [0.15, 0.2) is 6.61 Å². The quantitative estimate of drug-likeness (QED) is 0.735. The summed E-state index contributed by atoms with van der Waals surface area (Å²) in [5.74, 6) is -1.32. The van der Waals surface area contributed by atoms with E-state index in [0.29, 0.717) is 12.2 Å². The van der Waals surface area contributed by atoms with E-state index in [4.69, 9.17) is 4.74 Å². The maximum absolute atomic E-state index is 11.9. The Bertz CT molecular complexity index is 683. The number of amides is 1. The van der Waals surface area contributed by atoms with Crippen molar-refractivity contribution in [3.05, 3.63) is 65.7 Å². The zero-order valence-corrected chi connectivity index (χ0v) is 14.3. The molecule has 2 N–H and O–H groups in total. The highest BCUT2D eigenvalue weighted by atomic mass is 16.5. The Morgan fingerprint density at radius 2 is 1.72 bits per heavy atom. The fourth-order valence-electron chi connectivity index (χ4n) is 2.40. The normalized spacial score (nSPS) is 11.6. The van der Waals surface area contributed by atoms with Crippen molar-refractivity contribution in [3.63, 3.8) is 0 Å². The van der Waals surface area contributed by atoms with E-state index in [0.717, 1.165) is 12.0 Å². The Labute approximate surface area is 147 Å². The van der Waals surface area contributed by atoms with Crippen molar-refractivity contribution in [2.45, 2.75) is 19.8 Å². The number of benzene rings is 2. The lowest BCUT2D eigenvalue weighted by Gasteiger charge is -2.14.